The van der Waals surface area contributed by atoms with E-state index in [-0.39, 0.29) is 18.5 Å². The molecule has 0 radical (unpaired) electrons. The zero-order valence-electron chi connectivity index (χ0n) is 14.7. The van der Waals surface area contributed by atoms with Crippen molar-refractivity contribution >= 4 is 17.7 Å². The van der Waals surface area contributed by atoms with Gasteiger partial charge in [0.05, 0.1) is 0 Å². The lowest BCUT2D eigenvalue weighted by Gasteiger charge is -2.22. The molecule has 0 saturated carbocycles. The van der Waals surface area contributed by atoms with Gasteiger partial charge in [-0.15, -0.1) is 0 Å². The number of carbonyl (C=O) groups excluding carboxylic acids is 1. The van der Waals surface area contributed by atoms with E-state index in [4.69, 9.17) is 4.74 Å². The molecule has 7 nitrogen and oxygen atoms in total. The third-order valence-electron chi connectivity index (χ3n) is 5.32. The van der Waals surface area contributed by atoms with Crippen molar-refractivity contribution in [2.24, 2.45) is 11.3 Å². The molecule has 2 saturated heterocycles. The van der Waals surface area contributed by atoms with Gasteiger partial charge in [-0.2, -0.15) is 0 Å². The number of carbonyl (C=O) groups is 2. The molecule has 4 rings (SSSR count). The average Bonchev–Trinajstić information content (AvgIpc) is 3.23. The van der Waals surface area contributed by atoms with Gasteiger partial charge in [-0.05, 0) is 36.4 Å². The predicted molar refractivity (Wildman–Crippen MR) is 100.0 cm³/mol. The fourth-order valence-corrected chi connectivity index (χ4v) is 3.81. The molecule has 0 aromatic heterocycles. The molecule has 2 fully saturated rings. The molecular weight excluding hydrogens is 346 g/mol. The smallest absolute Gasteiger partial charge is 0.321 e. The lowest BCUT2D eigenvalue weighted by molar-refractivity contribution is -0.148. The molecule has 0 spiro atoms. The van der Waals surface area contributed by atoms with Crippen LogP contribution in [0.1, 0.15) is 0 Å². The summed E-state index contributed by atoms with van der Waals surface area (Å²) in [4.78, 5) is 25.9. The zero-order chi connectivity index (χ0) is 18.9. The summed E-state index contributed by atoms with van der Waals surface area (Å²) in [5.74, 6) is 0.522. The number of hydrogen-bond donors (Lipinski definition) is 3. The molecule has 0 aliphatic carbocycles. The first-order valence-electron chi connectivity index (χ1n) is 8.90. The van der Waals surface area contributed by atoms with E-state index in [1.807, 2.05) is 30.3 Å². The average molecular weight is 367 g/mol. The number of carboxylic acid groups (broad SMARTS) is 1. The fraction of sp³-hybridized carbons (Fsp3) is 0.300. The maximum Gasteiger partial charge on any atom is 0.321 e. The summed E-state index contributed by atoms with van der Waals surface area (Å²) in [5, 5.41) is 15.6. The van der Waals surface area contributed by atoms with Gasteiger partial charge in [0.25, 0.3) is 0 Å². The Morgan fingerprint density at radius 2 is 1.81 bits per heavy atom. The Hall–Kier alpha value is -3.06. The Kier molecular flexibility index (Phi) is 4.45. The van der Waals surface area contributed by atoms with Crippen molar-refractivity contribution < 1.29 is 19.4 Å². The number of nitrogens with one attached hydrogen (secondary N) is 2. The monoisotopic (exact) mass is 367 g/mol. The zero-order valence-corrected chi connectivity index (χ0v) is 14.7. The fourth-order valence-electron chi connectivity index (χ4n) is 3.81. The first-order valence-corrected chi connectivity index (χ1v) is 8.90. The van der Waals surface area contributed by atoms with Crippen molar-refractivity contribution in [3.05, 3.63) is 54.6 Å². The van der Waals surface area contributed by atoms with Crippen LogP contribution in [-0.4, -0.2) is 48.2 Å². The summed E-state index contributed by atoms with van der Waals surface area (Å²) in [6.07, 6.45) is 0. The normalized spacial score (nSPS) is 23.7. The second kappa shape index (κ2) is 6.92. The van der Waals surface area contributed by atoms with Gasteiger partial charge in [0.1, 0.15) is 16.9 Å². The van der Waals surface area contributed by atoms with Gasteiger partial charge < -0.3 is 25.4 Å². The molecule has 27 heavy (non-hydrogen) atoms. The van der Waals surface area contributed by atoms with Gasteiger partial charge in [-0.1, -0.05) is 18.2 Å². The van der Waals surface area contributed by atoms with E-state index >= 15 is 0 Å². The van der Waals surface area contributed by atoms with E-state index in [1.165, 1.54) is 0 Å². The van der Waals surface area contributed by atoms with Crippen LogP contribution >= 0.6 is 0 Å². The molecule has 2 aromatic rings. The highest BCUT2D eigenvalue weighted by Crippen LogP contribution is 2.39. The van der Waals surface area contributed by atoms with E-state index in [0.717, 1.165) is 5.75 Å². The van der Waals surface area contributed by atoms with E-state index in [2.05, 4.69) is 10.6 Å². The molecule has 0 unspecified atom stereocenters. The van der Waals surface area contributed by atoms with E-state index in [9.17, 15) is 14.7 Å². The molecule has 2 amide bonds. The van der Waals surface area contributed by atoms with Crippen LogP contribution in [0.4, 0.5) is 10.5 Å². The number of amides is 2. The second-order valence-electron chi connectivity index (χ2n) is 7.04. The van der Waals surface area contributed by atoms with Crippen molar-refractivity contribution in [2.45, 2.75) is 0 Å². The summed E-state index contributed by atoms with van der Waals surface area (Å²) in [6.45, 7) is 1.70. The second-order valence-corrected chi connectivity index (χ2v) is 7.04. The first kappa shape index (κ1) is 17.4. The lowest BCUT2D eigenvalue weighted by atomic mass is 9.81. The molecule has 7 heteroatoms. The van der Waals surface area contributed by atoms with Gasteiger partial charge in [0, 0.05) is 37.8 Å². The van der Waals surface area contributed by atoms with E-state index in [0.29, 0.717) is 31.1 Å². The highest BCUT2D eigenvalue weighted by molar-refractivity contribution is 5.90. The summed E-state index contributed by atoms with van der Waals surface area (Å²) < 4.78 is 5.73. The van der Waals surface area contributed by atoms with Crippen molar-refractivity contribution in [1.29, 1.82) is 0 Å². The highest BCUT2D eigenvalue weighted by atomic mass is 16.5. The summed E-state index contributed by atoms with van der Waals surface area (Å²) in [6, 6.07) is 16.3. The number of anilines is 1. The Bertz CT molecular complexity index is 840. The number of ether oxygens (including phenoxy) is 1. The number of carboxylic acids is 1. The van der Waals surface area contributed by atoms with Gasteiger partial charge in [0.2, 0.25) is 0 Å². The van der Waals surface area contributed by atoms with Gasteiger partial charge in [-0.25, -0.2) is 4.79 Å². The Morgan fingerprint density at radius 3 is 2.48 bits per heavy atom. The third-order valence-corrected chi connectivity index (χ3v) is 5.32. The minimum atomic E-state index is -0.870. The number of likely N-dealkylation sites (tertiary alicyclic amines) is 1. The number of para-hydroxylation sites is 1. The molecule has 2 aliphatic rings. The van der Waals surface area contributed by atoms with Crippen LogP contribution in [0.5, 0.6) is 11.5 Å². The van der Waals surface area contributed by atoms with Gasteiger partial charge in [-0.3, -0.25) is 4.79 Å². The summed E-state index contributed by atoms with van der Waals surface area (Å²) >= 11 is 0. The third kappa shape index (κ3) is 3.33. The minimum Gasteiger partial charge on any atom is -0.481 e. The number of rotatable bonds is 4. The Labute approximate surface area is 156 Å². The molecule has 2 heterocycles. The number of hydrogen-bond acceptors (Lipinski definition) is 4. The van der Waals surface area contributed by atoms with E-state index in [1.54, 1.807) is 29.2 Å². The summed E-state index contributed by atoms with van der Waals surface area (Å²) in [5.41, 5.74) is -0.231. The molecule has 3 N–H and O–H groups in total. The van der Waals surface area contributed by atoms with Crippen LogP contribution in [0.15, 0.2) is 54.6 Å². The van der Waals surface area contributed by atoms with Crippen molar-refractivity contribution in [2.75, 3.05) is 31.5 Å². The number of nitrogens with zero attached hydrogens (tertiary/aromatic N) is 1. The molecular formula is C20H21N3O4. The number of benzene rings is 2. The quantitative estimate of drug-likeness (QED) is 0.773. The molecule has 140 valence electrons. The number of aliphatic carboxylic acids is 1. The molecule has 2 aliphatic heterocycles. The van der Waals surface area contributed by atoms with Crippen LogP contribution in [-0.2, 0) is 4.79 Å². The first-order chi connectivity index (χ1) is 13.1. The number of urea groups is 1. The van der Waals surface area contributed by atoms with Crippen LogP contribution in [0, 0.1) is 11.3 Å². The maximum absolute atomic E-state index is 12.6. The van der Waals surface area contributed by atoms with Crippen LogP contribution in [0.2, 0.25) is 0 Å². The van der Waals surface area contributed by atoms with Crippen molar-refractivity contribution in [3.8, 4) is 11.5 Å². The highest BCUT2D eigenvalue weighted by Gasteiger charge is 2.56. The van der Waals surface area contributed by atoms with Crippen LogP contribution in [0.25, 0.3) is 0 Å². The lowest BCUT2D eigenvalue weighted by Crippen LogP contribution is -2.42. The maximum atomic E-state index is 12.6. The standard InChI is InChI=1S/C20H21N3O4/c24-18(25)20-12-21-10-14(20)11-23(13-20)19(26)22-15-6-8-17(9-7-15)27-16-4-2-1-3-5-16/h1-9,14,21H,10-13H2,(H,22,26)(H,24,25)/t14-,20-/m1/s1. The predicted octanol–water partition coefficient (Wildman–Crippen LogP) is 2.62. The number of fused-ring (bicyclic) bond motifs is 1. The Balaban J connectivity index is 1.38. The van der Waals surface area contributed by atoms with E-state index < -0.39 is 11.4 Å². The molecule has 2 atom stereocenters. The van der Waals surface area contributed by atoms with Crippen molar-refractivity contribution in [3.63, 3.8) is 0 Å². The largest absolute Gasteiger partial charge is 0.481 e. The summed E-state index contributed by atoms with van der Waals surface area (Å²) in [7, 11) is 0. The molecule has 0 bridgehead atoms. The van der Waals surface area contributed by atoms with Crippen LogP contribution in [0.3, 0.4) is 0 Å². The minimum absolute atomic E-state index is 0.0533. The molecule has 2 aromatic carbocycles. The van der Waals surface area contributed by atoms with Gasteiger partial charge >= 0.3 is 12.0 Å². The van der Waals surface area contributed by atoms with Crippen LogP contribution < -0.4 is 15.4 Å². The van der Waals surface area contributed by atoms with Gasteiger partial charge in [0.15, 0.2) is 0 Å². The SMILES string of the molecule is O=C(Nc1ccc(Oc2ccccc2)cc1)N1C[C@H]2CNC[C@@]2(C(=O)O)C1. The topological polar surface area (TPSA) is 90.9 Å². The van der Waals surface area contributed by atoms with Crippen molar-refractivity contribution in [1.82, 2.24) is 10.2 Å². The Morgan fingerprint density at radius 1 is 1.11 bits per heavy atom.